The molecule has 0 heterocycles. The summed E-state index contributed by atoms with van der Waals surface area (Å²) < 4.78 is 52.1. The Morgan fingerprint density at radius 1 is 1.20 bits per heavy atom. The van der Waals surface area contributed by atoms with Gasteiger partial charge in [0.2, 0.25) is 10.0 Å². The van der Waals surface area contributed by atoms with Gasteiger partial charge in [0.25, 0.3) is 0 Å². The molecule has 0 radical (unpaired) electrons. The number of hydrogen-bond donors (Lipinski definition) is 1. The Morgan fingerprint density at radius 3 is 2.44 bits per heavy atom. The first-order chi connectivity index (χ1) is 11.8. The summed E-state index contributed by atoms with van der Waals surface area (Å²) in [6.45, 7) is 0. The van der Waals surface area contributed by atoms with Crippen molar-refractivity contribution in [2.45, 2.75) is 6.04 Å². The quantitative estimate of drug-likeness (QED) is 0.390. The van der Waals surface area contributed by atoms with E-state index in [1.165, 1.54) is 0 Å². The minimum absolute atomic E-state index is 0.0621. The molecule has 1 atom stereocenters. The van der Waals surface area contributed by atoms with Crippen molar-refractivity contribution in [2.24, 2.45) is 5.11 Å². The summed E-state index contributed by atoms with van der Waals surface area (Å²) >= 11 is 0. The average molecular weight is 362 g/mol. The third-order valence-electron chi connectivity index (χ3n) is 3.01. The molecular formula is C16H12F2N4O2S. The molecule has 0 spiro atoms. The topological polar surface area (TPSA) is 94.9 Å². The van der Waals surface area contributed by atoms with Crippen LogP contribution in [0.4, 0.5) is 14.5 Å². The molecule has 0 fully saturated rings. The number of rotatable bonds is 4. The van der Waals surface area contributed by atoms with Gasteiger partial charge in [0.1, 0.15) is 6.04 Å². The largest absolute Gasteiger partial charge is 0.213 e. The predicted octanol–water partition coefficient (Wildman–Crippen LogP) is 3.55. The maximum absolute atomic E-state index is 13.4. The van der Waals surface area contributed by atoms with E-state index >= 15 is 0 Å². The molecule has 0 saturated heterocycles. The van der Waals surface area contributed by atoms with E-state index in [-0.39, 0.29) is 11.3 Å². The summed E-state index contributed by atoms with van der Waals surface area (Å²) in [5, 5.41) is 3.27. The fourth-order valence-corrected chi connectivity index (χ4v) is 2.58. The molecule has 0 aliphatic carbocycles. The average Bonchev–Trinajstić information content (AvgIpc) is 2.55. The van der Waals surface area contributed by atoms with Crippen molar-refractivity contribution in [1.82, 2.24) is 4.72 Å². The molecule has 2 aromatic carbocycles. The molecule has 0 amide bonds. The molecule has 6 nitrogen and oxygen atoms in total. The standard InChI is InChI=1S/C16H12F2N4O2S/c1-25(23,24)21-15(11-5-3-2-4-6-11)8-7-12-9-13(17)14(18)10-16(12)20-22-19/h2-6,9-10,15,21H,1H3. The lowest BCUT2D eigenvalue weighted by Crippen LogP contribution is -2.26. The van der Waals surface area contributed by atoms with Crippen molar-refractivity contribution in [3.8, 4) is 11.8 Å². The molecule has 1 N–H and O–H groups in total. The summed E-state index contributed by atoms with van der Waals surface area (Å²) in [5.41, 5.74) is 8.82. The zero-order valence-corrected chi connectivity index (χ0v) is 13.8. The summed E-state index contributed by atoms with van der Waals surface area (Å²) in [7, 11) is -3.58. The van der Waals surface area contributed by atoms with Crippen molar-refractivity contribution in [2.75, 3.05) is 6.26 Å². The number of nitrogens with zero attached hydrogens (tertiary/aromatic N) is 3. The monoisotopic (exact) mass is 362 g/mol. The van der Waals surface area contributed by atoms with Crippen LogP contribution in [0.15, 0.2) is 47.6 Å². The molecule has 0 saturated carbocycles. The van der Waals surface area contributed by atoms with Gasteiger partial charge >= 0.3 is 0 Å². The van der Waals surface area contributed by atoms with Crippen LogP contribution in [0.25, 0.3) is 10.4 Å². The van der Waals surface area contributed by atoms with Gasteiger partial charge in [-0.25, -0.2) is 17.2 Å². The maximum atomic E-state index is 13.4. The van der Waals surface area contributed by atoms with Gasteiger partial charge in [-0.15, -0.1) is 0 Å². The second kappa shape index (κ2) is 7.77. The second-order valence-electron chi connectivity index (χ2n) is 4.98. The molecule has 1 unspecified atom stereocenters. The highest BCUT2D eigenvalue weighted by Crippen LogP contribution is 2.23. The number of halogens is 2. The van der Waals surface area contributed by atoms with Crippen LogP contribution in [0, 0.1) is 23.5 Å². The summed E-state index contributed by atoms with van der Waals surface area (Å²) in [5.74, 6) is 2.84. The molecule has 2 aromatic rings. The highest BCUT2D eigenvalue weighted by Gasteiger charge is 2.14. The van der Waals surface area contributed by atoms with Gasteiger partial charge in [0.15, 0.2) is 11.6 Å². The van der Waals surface area contributed by atoms with E-state index < -0.39 is 27.7 Å². The van der Waals surface area contributed by atoms with Crippen LogP contribution in [0.3, 0.4) is 0 Å². The van der Waals surface area contributed by atoms with Gasteiger partial charge in [-0.1, -0.05) is 47.3 Å². The molecule has 0 bridgehead atoms. The highest BCUT2D eigenvalue weighted by molar-refractivity contribution is 7.88. The van der Waals surface area contributed by atoms with Crippen LogP contribution in [-0.4, -0.2) is 14.7 Å². The second-order valence-corrected chi connectivity index (χ2v) is 6.76. The van der Waals surface area contributed by atoms with E-state index in [4.69, 9.17) is 5.53 Å². The van der Waals surface area contributed by atoms with Gasteiger partial charge in [0.05, 0.1) is 11.9 Å². The Labute approximate surface area is 143 Å². The normalized spacial score (nSPS) is 11.8. The third-order valence-corrected chi connectivity index (χ3v) is 3.67. The van der Waals surface area contributed by atoms with Crippen molar-refractivity contribution in [3.05, 3.63) is 75.7 Å². The first-order valence-electron chi connectivity index (χ1n) is 6.88. The Hall–Kier alpha value is -2.92. The predicted molar refractivity (Wildman–Crippen MR) is 89.2 cm³/mol. The molecule has 0 aliphatic rings. The Kier molecular flexibility index (Phi) is 5.72. The lowest BCUT2D eigenvalue weighted by molar-refractivity contribution is 0.508. The van der Waals surface area contributed by atoms with E-state index in [2.05, 4.69) is 26.6 Å². The Morgan fingerprint density at radius 2 is 1.84 bits per heavy atom. The van der Waals surface area contributed by atoms with Crippen molar-refractivity contribution < 1.29 is 17.2 Å². The zero-order chi connectivity index (χ0) is 18.4. The molecule has 9 heteroatoms. The van der Waals surface area contributed by atoms with Gasteiger partial charge in [0, 0.05) is 10.5 Å². The molecule has 0 aromatic heterocycles. The van der Waals surface area contributed by atoms with Gasteiger partial charge in [-0.3, -0.25) is 0 Å². The van der Waals surface area contributed by atoms with Crippen LogP contribution in [0.5, 0.6) is 0 Å². The highest BCUT2D eigenvalue weighted by atomic mass is 32.2. The van der Waals surface area contributed by atoms with Gasteiger partial charge in [-0.2, -0.15) is 4.72 Å². The van der Waals surface area contributed by atoms with E-state index in [1.54, 1.807) is 30.3 Å². The molecule has 0 aliphatic heterocycles. The van der Waals surface area contributed by atoms with E-state index in [1.807, 2.05) is 0 Å². The summed E-state index contributed by atoms with van der Waals surface area (Å²) in [6.07, 6.45) is 0.980. The first kappa shape index (κ1) is 18.4. The Bertz CT molecular complexity index is 992. The minimum atomic E-state index is -3.58. The lowest BCUT2D eigenvalue weighted by Gasteiger charge is -2.11. The first-order valence-corrected chi connectivity index (χ1v) is 8.77. The maximum Gasteiger partial charge on any atom is 0.210 e. The number of hydrogen-bond acceptors (Lipinski definition) is 3. The smallest absolute Gasteiger partial charge is 0.210 e. The van der Waals surface area contributed by atoms with Crippen LogP contribution in [-0.2, 0) is 10.0 Å². The molecule has 2 rings (SSSR count). The third kappa shape index (κ3) is 5.29. The van der Waals surface area contributed by atoms with E-state index in [0.29, 0.717) is 5.56 Å². The van der Waals surface area contributed by atoms with Gasteiger partial charge < -0.3 is 0 Å². The molecule has 25 heavy (non-hydrogen) atoms. The number of azide groups is 1. The Balaban J connectivity index is 2.51. The van der Waals surface area contributed by atoms with Crippen LogP contribution < -0.4 is 4.72 Å². The van der Waals surface area contributed by atoms with Gasteiger partial charge in [-0.05, 0) is 23.2 Å². The van der Waals surface area contributed by atoms with E-state index in [0.717, 1.165) is 18.4 Å². The van der Waals surface area contributed by atoms with Crippen molar-refractivity contribution in [3.63, 3.8) is 0 Å². The minimum Gasteiger partial charge on any atom is -0.213 e. The van der Waals surface area contributed by atoms with Crippen molar-refractivity contribution in [1.29, 1.82) is 0 Å². The molecule has 128 valence electrons. The van der Waals surface area contributed by atoms with Crippen LogP contribution >= 0.6 is 0 Å². The summed E-state index contributed by atoms with van der Waals surface area (Å²) in [4.78, 5) is 2.54. The zero-order valence-electron chi connectivity index (χ0n) is 12.9. The number of sulfonamides is 1. The number of nitrogens with one attached hydrogen (secondary N) is 1. The van der Waals surface area contributed by atoms with E-state index in [9.17, 15) is 17.2 Å². The van der Waals surface area contributed by atoms with Crippen LogP contribution in [0.2, 0.25) is 0 Å². The van der Waals surface area contributed by atoms with Crippen LogP contribution in [0.1, 0.15) is 17.2 Å². The lowest BCUT2D eigenvalue weighted by atomic mass is 10.1. The molecular weight excluding hydrogens is 350 g/mol. The fourth-order valence-electron chi connectivity index (χ4n) is 1.96. The number of benzene rings is 2. The summed E-state index contributed by atoms with van der Waals surface area (Å²) in [6, 6.07) is 9.09. The van der Waals surface area contributed by atoms with Crippen molar-refractivity contribution >= 4 is 15.7 Å². The fraction of sp³-hybridized carbons (Fsp3) is 0.125. The SMILES string of the molecule is CS(=O)(=O)NC(C#Cc1cc(F)c(F)cc1N=[N+]=[N-])c1ccccc1.